The smallest absolute Gasteiger partial charge is 0.272 e. The number of benzene rings is 3. The van der Waals surface area contributed by atoms with Crippen LogP contribution in [0.1, 0.15) is 10.4 Å². The molecule has 0 unspecified atom stereocenters. The molecule has 5 rings (SSSR count). The summed E-state index contributed by atoms with van der Waals surface area (Å²) in [4.78, 5) is 54.6. The number of nitrogens with zero attached hydrogens (tertiary/aromatic N) is 1. The quantitative estimate of drug-likeness (QED) is 0.293. The molecule has 5 aromatic rings. The van der Waals surface area contributed by atoms with Gasteiger partial charge < -0.3 is 10.6 Å². The van der Waals surface area contributed by atoms with Crippen molar-refractivity contribution in [2.24, 2.45) is 0 Å². The molecule has 0 aliphatic rings. The van der Waals surface area contributed by atoms with Gasteiger partial charge in [0.15, 0.2) is 0 Å². The number of hydrogen-bond donors (Lipinski definition) is 4. The summed E-state index contributed by atoms with van der Waals surface area (Å²) >= 11 is 5.99. The number of anilines is 1. The van der Waals surface area contributed by atoms with Crippen molar-refractivity contribution in [3.05, 3.63) is 104 Å². The van der Waals surface area contributed by atoms with Gasteiger partial charge in [-0.2, -0.15) is 0 Å². The molecule has 36 heavy (non-hydrogen) atoms. The number of carbonyl (C=O) groups excluding carboxylic acids is 2. The van der Waals surface area contributed by atoms with Crippen LogP contribution in [0.3, 0.4) is 0 Å². The van der Waals surface area contributed by atoms with Gasteiger partial charge in [0.2, 0.25) is 5.91 Å². The van der Waals surface area contributed by atoms with E-state index in [4.69, 9.17) is 11.6 Å². The molecule has 0 aliphatic carbocycles. The number of amides is 2. The lowest BCUT2D eigenvalue weighted by Gasteiger charge is -2.11. The van der Waals surface area contributed by atoms with Crippen LogP contribution in [0.15, 0.2) is 82.4 Å². The van der Waals surface area contributed by atoms with Crippen molar-refractivity contribution in [3.63, 3.8) is 0 Å². The Hall–Kier alpha value is -4.76. The van der Waals surface area contributed by atoms with Crippen molar-refractivity contribution in [2.75, 3.05) is 11.9 Å². The summed E-state index contributed by atoms with van der Waals surface area (Å²) in [6.45, 7) is -0.358. The van der Waals surface area contributed by atoms with Crippen LogP contribution in [-0.4, -0.2) is 33.5 Å². The number of halogens is 1. The predicted octanol–water partition coefficient (Wildman–Crippen LogP) is 3.45. The van der Waals surface area contributed by atoms with Gasteiger partial charge >= 0.3 is 0 Å². The Bertz CT molecular complexity index is 1760. The highest BCUT2D eigenvalue weighted by Gasteiger charge is 2.16. The molecule has 9 nitrogen and oxygen atoms in total. The lowest BCUT2D eigenvalue weighted by atomic mass is 10.0. The number of rotatable bonds is 5. The maximum atomic E-state index is 13.1. The first-order valence-electron chi connectivity index (χ1n) is 10.9. The number of H-pyrrole nitrogens is 2. The van der Waals surface area contributed by atoms with E-state index in [2.05, 4.69) is 25.8 Å². The summed E-state index contributed by atoms with van der Waals surface area (Å²) in [5, 5.41) is 11.1. The minimum Gasteiger partial charge on any atom is -0.343 e. The Labute approximate surface area is 208 Å². The van der Waals surface area contributed by atoms with Crippen molar-refractivity contribution >= 4 is 50.8 Å². The van der Waals surface area contributed by atoms with Crippen molar-refractivity contribution in [1.82, 2.24) is 20.5 Å². The SMILES string of the molecule is O=C(CNC(=O)c1cc(-c2ccc(Cl)cc2)nc2ccccc12)Nc1cccc2c(=O)[nH][nH]c(=O)c12. The number of aromatic amines is 2. The maximum absolute atomic E-state index is 13.1. The van der Waals surface area contributed by atoms with E-state index < -0.39 is 22.9 Å². The van der Waals surface area contributed by atoms with Gasteiger partial charge in [-0.05, 0) is 36.4 Å². The second-order valence-corrected chi connectivity index (χ2v) is 8.38. The minimum atomic E-state index is -0.563. The van der Waals surface area contributed by atoms with Crippen LogP contribution in [0, 0.1) is 0 Å². The van der Waals surface area contributed by atoms with E-state index in [1.165, 1.54) is 12.1 Å². The largest absolute Gasteiger partial charge is 0.343 e. The van der Waals surface area contributed by atoms with Gasteiger partial charge in [0.25, 0.3) is 17.0 Å². The summed E-state index contributed by atoms with van der Waals surface area (Å²) < 4.78 is 0. The highest BCUT2D eigenvalue weighted by Crippen LogP contribution is 2.26. The van der Waals surface area contributed by atoms with Crippen molar-refractivity contribution in [3.8, 4) is 11.3 Å². The number of nitrogens with one attached hydrogen (secondary N) is 4. The highest BCUT2D eigenvalue weighted by molar-refractivity contribution is 6.30. The molecule has 178 valence electrons. The molecule has 0 bridgehead atoms. The Kier molecular flexibility index (Phi) is 6.05. The number of carbonyl (C=O) groups is 2. The lowest BCUT2D eigenvalue weighted by molar-refractivity contribution is -0.115. The third-order valence-corrected chi connectivity index (χ3v) is 5.86. The molecule has 2 heterocycles. The summed E-state index contributed by atoms with van der Waals surface area (Å²) in [5.74, 6) is -1.03. The van der Waals surface area contributed by atoms with Crippen LogP contribution in [0.5, 0.6) is 0 Å². The van der Waals surface area contributed by atoms with E-state index in [-0.39, 0.29) is 23.0 Å². The van der Waals surface area contributed by atoms with Crippen molar-refractivity contribution < 1.29 is 9.59 Å². The third-order valence-electron chi connectivity index (χ3n) is 5.61. The zero-order chi connectivity index (χ0) is 25.2. The van der Waals surface area contributed by atoms with Crippen LogP contribution in [-0.2, 0) is 4.79 Å². The summed E-state index contributed by atoms with van der Waals surface area (Å²) in [6, 6.07) is 20.5. The van der Waals surface area contributed by atoms with E-state index >= 15 is 0 Å². The zero-order valence-electron chi connectivity index (χ0n) is 18.6. The van der Waals surface area contributed by atoms with Crippen molar-refractivity contribution in [1.29, 1.82) is 0 Å². The maximum Gasteiger partial charge on any atom is 0.272 e. The average molecular weight is 500 g/mol. The molecule has 4 N–H and O–H groups in total. The molecule has 0 fully saturated rings. The standard InChI is InChI=1S/C26H18ClN5O4/c27-15-10-8-14(9-11-15)21-12-18(16-4-1-2-6-19(16)29-21)24(34)28-13-22(33)30-20-7-3-5-17-23(20)26(36)32-31-25(17)35/h1-12H,13H2,(H,28,34)(H,30,33)(H,31,35)(H,32,36). The second-order valence-electron chi connectivity index (χ2n) is 7.95. The average Bonchev–Trinajstić information content (AvgIpc) is 2.89. The number of pyridine rings is 1. The minimum absolute atomic E-state index is 0.0497. The van der Waals surface area contributed by atoms with Crippen LogP contribution >= 0.6 is 11.6 Å². The molecule has 0 aliphatic heterocycles. The van der Waals surface area contributed by atoms with E-state index in [1.807, 2.05) is 18.2 Å². The number of para-hydroxylation sites is 1. The molecule has 2 aromatic heterocycles. The molecular weight excluding hydrogens is 482 g/mol. The fourth-order valence-corrected chi connectivity index (χ4v) is 4.04. The molecule has 0 radical (unpaired) electrons. The van der Waals surface area contributed by atoms with Crippen LogP contribution in [0.2, 0.25) is 5.02 Å². The van der Waals surface area contributed by atoms with Crippen LogP contribution in [0.25, 0.3) is 32.9 Å². The van der Waals surface area contributed by atoms with Gasteiger partial charge in [0.05, 0.1) is 39.8 Å². The molecule has 10 heteroatoms. The summed E-state index contributed by atoms with van der Waals surface area (Å²) in [7, 11) is 0. The molecular formula is C26H18ClN5O4. The summed E-state index contributed by atoms with van der Waals surface area (Å²) in [6.07, 6.45) is 0. The van der Waals surface area contributed by atoms with E-state index in [0.717, 1.165) is 5.56 Å². The van der Waals surface area contributed by atoms with Crippen LogP contribution in [0.4, 0.5) is 5.69 Å². The Morgan fingerprint density at radius 1 is 0.861 bits per heavy atom. The highest BCUT2D eigenvalue weighted by atomic mass is 35.5. The number of aromatic nitrogens is 3. The molecule has 3 aromatic carbocycles. The molecule has 0 saturated carbocycles. The normalized spacial score (nSPS) is 10.9. The first-order valence-corrected chi connectivity index (χ1v) is 11.3. The topological polar surface area (TPSA) is 137 Å². The Balaban J connectivity index is 1.40. The predicted molar refractivity (Wildman–Crippen MR) is 138 cm³/mol. The van der Waals surface area contributed by atoms with Gasteiger partial charge in [0, 0.05) is 16.0 Å². The van der Waals surface area contributed by atoms with E-state index in [9.17, 15) is 19.2 Å². The fourth-order valence-electron chi connectivity index (χ4n) is 3.92. The Morgan fingerprint density at radius 3 is 2.39 bits per heavy atom. The number of fused-ring (bicyclic) bond motifs is 2. The van der Waals surface area contributed by atoms with E-state index in [0.29, 0.717) is 27.2 Å². The van der Waals surface area contributed by atoms with Gasteiger partial charge in [-0.3, -0.25) is 29.4 Å². The third kappa shape index (κ3) is 4.47. The van der Waals surface area contributed by atoms with Gasteiger partial charge in [0.1, 0.15) is 0 Å². The Morgan fingerprint density at radius 2 is 1.58 bits per heavy atom. The first kappa shape index (κ1) is 23.0. The fraction of sp³-hybridized carbons (Fsp3) is 0.0385. The van der Waals surface area contributed by atoms with Crippen molar-refractivity contribution in [2.45, 2.75) is 0 Å². The zero-order valence-corrected chi connectivity index (χ0v) is 19.3. The van der Waals surface area contributed by atoms with Crippen LogP contribution < -0.4 is 21.8 Å². The summed E-state index contributed by atoms with van der Waals surface area (Å²) in [5.41, 5.74) is 1.47. The molecule has 0 atom stereocenters. The van der Waals surface area contributed by atoms with E-state index in [1.54, 1.807) is 42.5 Å². The monoisotopic (exact) mass is 499 g/mol. The van der Waals surface area contributed by atoms with Gasteiger partial charge in [-0.1, -0.05) is 48.0 Å². The molecule has 0 spiro atoms. The lowest BCUT2D eigenvalue weighted by Crippen LogP contribution is -2.33. The molecule has 2 amide bonds. The first-order chi connectivity index (χ1) is 17.4. The second kappa shape index (κ2) is 9.47. The van der Waals surface area contributed by atoms with Gasteiger partial charge in [-0.25, -0.2) is 4.98 Å². The number of hydrogen-bond acceptors (Lipinski definition) is 5. The molecule has 0 saturated heterocycles. The van der Waals surface area contributed by atoms with Gasteiger partial charge in [-0.15, -0.1) is 0 Å².